The fraction of sp³-hybridized carbons (Fsp3) is 0.294. The summed E-state index contributed by atoms with van der Waals surface area (Å²) in [5.41, 5.74) is 0.520. The summed E-state index contributed by atoms with van der Waals surface area (Å²) in [6.45, 7) is 0.655. The predicted octanol–water partition coefficient (Wildman–Crippen LogP) is 2.15. The molecule has 2 aromatic rings. The number of rotatable bonds is 3. The molecule has 0 radical (unpaired) electrons. The minimum Gasteiger partial charge on any atom is -0.333 e. The third-order valence-corrected chi connectivity index (χ3v) is 6.85. The summed E-state index contributed by atoms with van der Waals surface area (Å²) in [7, 11) is -3.57. The Hall–Kier alpha value is -2.19. The molecule has 25 heavy (non-hydrogen) atoms. The lowest BCUT2D eigenvalue weighted by atomic mass is 10.2. The molecule has 1 aromatic carbocycles. The van der Waals surface area contributed by atoms with Crippen LogP contribution in [0.15, 0.2) is 51.7 Å². The second-order valence-electron chi connectivity index (χ2n) is 6.03. The number of fused-ring (bicyclic) bond motifs is 1. The molecular formula is C17H17N3O3S2. The predicted molar refractivity (Wildman–Crippen MR) is 96.2 cm³/mol. The molecule has 0 bridgehead atoms. The SMILES string of the molecule is O=C(CN=C1NS(=O)(=O)c2ccccc21)N1CCCC1c1cccs1. The lowest BCUT2D eigenvalue weighted by molar-refractivity contribution is -0.130. The molecule has 130 valence electrons. The molecule has 2 aliphatic rings. The Morgan fingerprint density at radius 3 is 2.92 bits per heavy atom. The zero-order valence-electron chi connectivity index (χ0n) is 13.4. The number of aliphatic imine (C=N–C) groups is 1. The van der Waals surface area contributed by atoms with Crippen molar-refractivity contribution in [3.8, 4) is 0 Å². The van der Waals surface area contributed by atoms with Gasteiger partial charge in [0.2, 0.25) is 5.91 Å². The van der Waals surface area contributed by atoms with Crippen LogP contribution in [0.4, 0.5) is 0 Å². The van der Waals surface area contributed by atoms with E-state index in [-0.39, 0.29) is 29.2 Å². The van der Waals surface area contributed by atoms with Gasteiger partial charge in [-0.15, -0.1) is 11.3 Å². The first-order chi connectivity index (χ1) is 12.1. The molecule has 2 aliphatic heterocycles. The van der Waals surface area contributed by atoms with Gasteiger partial charge in [0.25, 0.3) is 10.0 Å². The van der Waals surface area contributed by atoms with Crippen molar-refractivity contribution in [3.05, 3.63) is 52.2 Å². The summed E-state index contributed by atoms with van der Waals surface area (Å²) in [4.78, 5) is 20.1. The standard InChI is InChI=1S/C17H17N3O3S2/c21-16(20-9-3-6-13(20)14-7-4-10-24-14)11-18-17-12-5-1-2-8-15(12)25(22,23)19-17/h1-2,4-5,7-8,10,13H,3,6,9,11H2,(H,18,19). The highest BCUT2D eigenvalue weighted by molar-refractivity contribution is 7.90. The van der Waals surface area contributed by atoms with Crippen molar-refractivity contribution in [2.45, 2.75) is 23.8 Å². The number of thiophene rings is 1. The van der Waals surface area contributed by atoms with E-state index < -0.39 is 10.0 Å². The average Bonchev–Trinajstić information content (AvgIpc) is 3.32. The highest BCUT2D eigenvalue weighted by atomic mass is 32.2. The van der Waals surface area contributed by atoms with Gasteiger partial charge in [-0.05, 0) is 36.4 Å². The van der Waals surface area contributed by atoms with Crippen molar-refractivity contribution in [1.29, 1.82) is 0 Å². The summed E-state index contributed by atoms with van der Waals surface area (Å²) in [6.07, 6.45) is 1.93. The van der Waals surface area contributed by atoms with Gasteiger partial charge in [-0.1, -0.05) is 18.2 Å². The average molecular weight is 375 g/mol. The number of nitrogens with zero attached hydrogens (tertiary/aromatic N) is 2. The zero-order chi connectivity index (χ0) is 17.4. The van der Waals surface area contributed by atoms with E-state index in [9.17, 15) is 13.2 Å². The summed E-state index contributed by atoms with van der Waals surface area (Å²) in [5.74, 6) is 0.169. The van der Waals surface area contributed by atoms with Crippen molar-refractivity contribution >= 4 is 33.1 Å². The van der Waals surface area contributed by atoms with Gasteiger partial charge >= 0.3 is 0 Å². The van der Waals surface area contributed by atoms with E-state index in [0.29, 0.717) is 12.1 Å². The molecule has 1 unspecified atom stereocenters. The zero-order valence-corrected chi connectivity index (χ0v) is 15.0. The van der Waals surface area contributed by atoms with Crippen molar-refractivity contribution in [3.63, 3.8) is 0 Å². The van der Waals surface area contributed by atoms with Gasteiger partial charge in [-0.25, -0.2) is 8.42 Å². The van der Waals surface area contributed by atoms with E-state index in [4.69, 9.17) is 0 Å². The molecule has 3 heterocycles. The van der Waals surface area contributed by atoms with Crippen LogP contribution in [-0.4, -0.2) is 38.2 Å². The van der Waals surface area contributed by atoms with E-state index in [1.165, 1.54) is 10.9 Å². The van der Waals surface area contributed by atoms with Gasteiger partial charge in [0.15, 0.2) is 0 Å². The molecule has 1 atom stereocenters. The maximum absolute atomic E-state index is 12.6. The van der Waals surface area contributed by atoms with E-state index in [1.54, 1.807) is 29.5 Å². The van der Waals surface area contributed by atoms with Crippen LogP contribution < -0.4 is 4.72 Å². The van der Waals surface area contributed by atoms with Crippen molar-refractivity contribution in [1.82, 2.24) is 9.62 Å². The molecule has 0 spiro atoms. The highest BCUT2D eigenvalue weighted by Crippen LogP contribution is 2.34. The highest BCUT2D eigenvalue weighted by Gasteiger charge is 2.32. The molecule has 6 nitrogen and oxygen atoms in total. The number of amides is 1. The Bertz CT molecular complexity index is 936. The summed E-state index contributed by atoms with van der Waals surface area (Å²) in [6, 6.07) is 10.8. The number of hydrogen-bond donors (Lipinski definition) is 1. The molecule has 1 N–H and O–H groups in total. The van der Waals surface area contributed by atoms with Gasteiger partial charge < -0.3 is 4.90 Å². The van der Waals surface area contributed by atoms with E-state index >= 15 is 0 Å². The Balaban J connectivity index is 1.54. The molecule has 0 saturated carbocycles. The second kappa shape index (κ2) is 6.27. The van der Waals surface area contributed by atoms with Gasteiger partial charge in [0, 0.05) is 17.0 Å². The molecule has 8 heteroatoms. The third-order valence-electron chi connectivity index (χ3n) is 4.48. The number of sulfonamides is 1. The maximum Gasteiger partial charge on any atom is 0.263 e. The minimum atomic E-state index is -3.57. The normalized spacial score (nSPS) is 22.8. The lowest BCUT2D eigenvalue weighted by Crippen LogP contribution is -2.33. The number of nitrogens with one attached hydrogen (secondary N) is 1. The van der Waals surface area contributed by atoms with Crippen LogP contribution in [0.3, 0.4) is 0 Å². The molecule has 1 fully saturated rings. The summed E-state index contributed by atoms with van der Waals surface area (Å²) < 4.78 is 26.6. The largest absolute Gasteiger partial charge is 0.333 e. The van der Waals surface area contributed by atoms with Crippen LogP contribution in [0.1, 0.15) is 29.3 Å². The van der Waals surface area contributed by atoms with Crippen LogP contribution in [0.2, 0.25) is 0 Å². The topological polar surface area (TPSA) is 78.8 Å². The van der Waals surface area contributed by atoms with Crippen LogP contribution in [0, 0.1) is 0 Å². The van der Waals surface area contributed by atoms with Crippen LogP contribution in [0.5, 0.6) is 0 Å². The Kier molecular flexibility index (Phi) is 4.09. The van der Waals surface area contributed by atoms with Crippen LogP contribution >= 0.6 is 11.3 Å². The number of benzene rings is 1. The van der Waals surface area contributed by atoms with Gasteiger partial charge in [0.1, 0.15) is 12.4 Å². The second-order valence-corrected chi connectivity index (χ2v) is 8.66. The Labute approximate surface area is 150 Å². The Morgan fingerprint density at radius 1 is 1.28 bits per heavy atom. The smallest absolute Gasteiger partial charge is 0.263 e. The molecule has 1 amide bonds. The third kappa shape index (κ3) is 2.96. The van der Waals surface area contributed by atoms with Crippen molar-refractivity contribution < 1.29 is 13.2 Å². The summed E-state index contributed by atoms with van der Waals surface area (Å²) in [5, 5.41) is 2.01. The Morgan fingerprint density at radius 2 is 2.12 bits per heavy atom. The van der Waals surface area contributed by atoms with Crippen molar-refractivity contribution in [2.75, 3.05) is 13.1 Å². The number of amidine groups is 1. The number of carbonyl (C=O) groups is 1. The quantitative estimate of drug-likeness (QED) is 0.893. The van der Waals surface area contributed by atoms with Gasteiger partial charge in [-0.2, -0.15) is 0 Å². The monoisotopic (exact) mass is 375 g/mol. The maximum atomic E-state index is 12.6. The van der Waals surface area contributed by atoms with Crippen LogP contribution in [0.25, 0.3) is 0 Å². The molecule has 1 aromatic heterocycles. The van der Waals surface area contributed by atoms with Crippen LogP contribution in [-0.2, 0) is 14.8 Å². The summed E-state index contributed by atoms with van der Waals surface area (Å²) >= 11 is 1.65. The minimum absolute atomic E-state index is 0.0614. The molecule has 0 aliphatic carbocycles. The first-order valence-electron chi connectivity index (χ1n) is 8.06. The van der Waals surface area contributed by atoms with E-state index in [1.807, 2.05) is 22.4 Å². The first kappa shape index (κ1) is 16.3. The number of carbonyl (C=O) groups excluding carboxylic acids is 1. The molecule has 1 saturated heterocycles. The number of likely N-dealkylation sites (tertiary alicyclic amines) is 1. The van der Waals surface area contributed by atoms with Gasteiger partial charge in [-0.3, -0.25) is 14.5 Å². The molecular weight excluding hydrogens is 358 g/mol. The lowest BCUT2D eigenvalue weighted by Gasteiger charge is -2.23. The first-order valence-corrected chi connectivity index (χ1v) is 10.4. The van der Waals surface area contributed by atoms with Gasteiger partial charge in [0.05, 0.1) is 10.9 Å². The molecule has 4 rings (SSSR count). The fourth-order valence-electron chi connectivity index (χ4n) is 3.33. The fourth-order valence-corrected chi connectivity index (χ4v) is 5.46. The van der Waals surface area contributed by atoms with E-state index in [0.717, 1.165) is 12.8 Å². The van der Waals surface area contributed by atoms with E-state index in [2.05, 4.69) is 9.71 Å². The van der Waals surface area contributed by atoms with Crippen molar-refractivity contribution in [2.24, 2.45) is 4.99 Å². The number of hydrogen-bond acceptors (Lipinski definition) is 5.